The van der Waals surface area contributed by atoms with Crippen molar-refractivity contribution in [3.63, 3.8) is 0 Å². The van der Waals surface area contributed by atoms with Gasteiger partial charge in [0.2, 0.25) is 10.0 Å². The van der Waals surface area contributed by atoms with Gasteiger partial charge in [-0.2, -0.15) is 0 Å². The lowest BCUT2D eigenvalue weighted by Gasteiger charge is -2.09. The van der Waals surface area contributed by atoms with Gasteiger partial charge in [-0.15, -0.1) is 0 Å². The monoisotopic (exact) mass is 303 g/mol. The maximum Gasteiger partial charge on any atom is 0.341 e. The molecule has 0 bridgehead atoms. The third-order valence-corrected chi connectivity index (χ3v) is 3.42. The number of benzene rings is 1. The van der Waals surface area contributed by atoms with Crippen LogP contribution in [0, 0.1) is 0 Å². The van der Waals surface area contributed by atoms with E-state index in [0.29, 0.717) is 12.3 Å². The Morgan fingerprint density at radius 3 is 2.80 bits per heavy atom. The minimum atomic E-state index is -3.50. The highest BCUT2D eigenvalue weighted by atomic mass is 32.2. The number of ether oxygens (including phenoxy) is 2. The first-order valence-corrected chi connectivity index (χ1v) is 7.61. The van der Waals surface area contributed by atoms with Gasteiger partial charge < -0.3 is 14.6 Å². The zero-order chi connectivity index (χ0) is 15.0. The van der Waals surface area contributed by atoms with Gasteiger partial charge in [-0.25, -0.2) is 13.2 Å². The summed E-state index contributed by atoms with van der Waals surface area (Å²) >= 11 is 0. The number of carbonyl (C=O) groups is 1. The largest absolute Gasteiger partial charge is 0.482 e. The van der Waals surface area contributed by atoms with Gasteiger partial charge >= 0.3 is 5.97 Å². The molecule has 0 amide bonds. The number of rotatable bonds is 9. The molecular formula is C12H17NO6S. The van der Waals surface area contributed by atoms with Crippen LogP contribution in [0.25, 0.3) is 0 Å². The van der Waals surface area contributed by atoms with Gasteiger partial charge in [0, 0.05) is 12.7 Å². The second-order valence-electron chi connectivity index (χ2n) is 3.83. The number of aliphatic carboxylic acids is 1. The fourth-order valence-corrected chi connectivity index (χ4v) is 2.26. The predicted molar refractivity (Wildman–Crippen MR) is 73.5 cm³/mol. The normalized spacial score (nSPS) is 11.1. The lowest BCUT2D eigenvalue weighted by atomic mass is 10.3. The third-order valence-electron chi connectivity index (χ3n) is 2.17. The highest BCUT2D eigenvalue weighted by molar-refractivity contribution is 7.92. The van der Waals surface area contributed by atoms with Crippen LogP contribution in [0.2, 0.25) is 0 Å². The Balaban J connectivity index is 2.63. The quantitative estimate of drug-likeness (QED) is 0.658. The molecule has 1 rings (SSSR count). The van der Waals surface area contributed by atoms with Crippen LogP contribution >= 0.6 is 0 Å². The van der Waals surface area contributed by atoms with Gasteiger partial charge in [-0.3, -0.25) is 4.72 Å². The van der Waals surface area contributed by atoms with E-state index in [2.05, 4.69) is 4.72 Å². The Bertz CT molecular complexity index is 543. The molecule has 0 fully saturated rings. The van der Waals surface area contributed by atoms with Gasteiger partial charge in [-0.1, -0.05) is 6.07 Å². The molecule has 20 heavy (non-hydrogen) atoms. The summed E-state index contributed by atoms with van der Waals surface area (Å²) in [4.78, 5) is 10.4. The molecule has 0 saturated carbocycles. The fraction of sp³-hybridized carbons (Fsp3) is 0.417. The van der Waals surface area contributed by atoms with Crippen LogP contribution < -0.4 is 9.46 Å². The smallest absolute Gasteiger partial charge is 0.341 e. The maximum absolute atomic E-state index is 11.7. The zero-order valence-corrected chi connectivity index (χ0v) is 11.9. The highest BCUT2D eigenvalue weighted by Gasteiger charge is 2.10. The van der Waals surface area contributed by atoms with E-state index in [4.69, 9.17) is 14.6 Å². The van der Waals surface area contributed by atoms with Crippen molar-refractivity contribution >= 4 is 21.7 Å². The number of nitrogens with one attached hydrogen (secondary N) is 1. The van der Waals surface area contributed by atoms with E-state index in [1.165, 1.54) is 6.07 Å². The Morgan fingerprint density at radius 1 is 1.40 bits per heavy atom. The first-order chi connectivity index (χ1) is 9.43. The maximum atomic E-state index is 11.7. The van der Waals surface area contributed by atoms with Crippen molar-refractivity contribution in [1.82, 2.24) is 0 Å². The molecule has 112 valence electrons. The topological polar surface area (TPSA) is 102 Å². The average Bonchev–Trinajstić information content (AvgIpc) is 2.36. The van der Waals surface area contributed by atoms with Crippen molar-refractivity contribution in [3.8, 4) is 5.75 Å². The fourth-order valence-electron chi connectivity index (χ4n) is 1.34. The Morgan fingerprint density at radius 2 is 2.15 bits per heavy atom. The van der Waals surface area contributed by atoms with Crippen molar-refractivity contribution in [2.45, 2.75) is 6.92 Å². The van der Waals surface area contributed by atoms with E-state index >= 15 is 0 Å². The van der Waals surface area contributed by atoms with Gasteiger partial charge in [-0.05, 0) is 19.1 Å². The first kappa shape index (κ1) is 16.3. The van der Waals surface area contributed by atoms with Crippen LogP contribution in [0.5, 0.6) is 5.75 Å². The van der Waals surface area contributed by atoms with Crippen molar-refractivity contribution in [2.24, 2.45) is 0 Å². The van der Waals surface area contributed by atoms with E-state index in [-0.39, 0.29) is 18.1 Å². The number of anilines is 1. The van der Waals surface area contributed by atoms with Crippen LogP contribution in [0.3, 0.4) is 0 Å². The van der Waals surface area contributed by atoms with Crippen LogP contribution in [-0.2, 0) is 19.6 Å². The standard InChI is InChI=1S/C12H17NO6S/c1-2-18-6-7-20(16,17)13-10-4-3-5-11(8-10)19-9-12(14)15/h3-5,8,13H,2,6-7,9H2,1H3,(H,14,15). The van der Waals surface area contributed by atoms with Gasteiger partial charge in [0.25, 0.3) is 0 Å². The molecule has 0 saturated heterocycles. The molecule has 0 aliphatic carbocycles. The lowest BCUT2D eigenvalue weighted by molar-refractivity contribution is -0.139. The highest BCUT2D eigenvalue weighted by Crippen LogP contribution is 2.18. The molecule has 2 N–H and O–H groups in total. The SMILES string of the molecule is CCOCCS(=O)(=O)Nc1cccc(OCC(=O)O)c1. The zero-order valence-electron chi connectivity index (χ0n) is 11.0. The van der Waals surface area contributed by atoms with Crippen molar-refractivity contribution in [3.05, 3.63) is 24.3 Å². The number of carboxylic acid groups (broad SMARTS) is 1. The molecule has 0 aromatic heterocycles. The van der Waals surface area contributed by atoms with E-state index < -0.39 is 22.6 Å². The van der Waals surface area contributed by atoms with E-state index in [9.17, 15) is 13.2 Å². The average molecular weight is 303 g/mol. The summed E-state index contributed by atoms with van der Waals surface area (Å²) in [6, 6.07) is 6.07. The van der Waals surface area contributed by atoms with Crippen LogP contribution in [-0.4, -0.2) is 45.1 Å². The number of sulfonamides is 1. The summed E-state index contributed by atoms with van der Waals surface area (Å²) in [5.74, 6) is -0.980. The predicted octanol–water partition coefficient (Wildman–Crippen LogP) is 0.928. The molecule has 8 heteroatoms. The molecule has 7 nitrogen and oxygen atoms in total. The minimum Gasteiger partial charge on any atom is -0.482 e. The van der Waals surface area contributed by atoms with Crippen LogP contribution in [0.15, 0.2) is 24.3 Å². The van der Waals surface area contributed by atoms with Crippen LogP contribution in [0.1, 0.15) is 6.92 Å². The molecule has 1 aromatic carbocycles. The number of hydrogen-bond donors (Lipinski definition) is 2. The first-order valence-electron chi connectivity index (χ1n) is 5.96. The summed E-state index contributed by atoms with van der Waals surface area (Å²) < 4.78 is 35.8. The summed E-state index contributed by atoms with van der Waals surface area (Å²) in [7, 11) is -3.50. The molecule has 0 radical (unpaired) electrons. The van der Waals surface area contributed by atoms with Gasteiger partial charge in [0.05, 0.1) is 18.0 Å². The molecule has 0 spiro atoms. The Labute approximate surface area is 117 Å². The number of carboxylic acids is 1. The minimum absolute atomic E-state index is 0.112. The van der Waals surface area contributed by atoms with E-state index in [1.807, 2.05) is 0 Å². The van der Waals surface area contributed by atoms with Crippen molar-refractivity contribution < 1.29 is 27.8 Å². The Kier molecular flexibility index (Phi) is 6.26. The summed E-state index contributed by atoms with van der Waals surface area (Å²) in [6.07, 6.45) is 0. The molecule has 0 unspecified atom stereocenters. The summed E-state index contributed by atoms with van der Waals surface area (Å²) in [5, 5.41) is 8.50. The Hall–Kier alpha value is -1.80. The van der Waals surface area contributed by atoms with E-state index in [0.717, 1.165) is 0 Å². The molecule has 0 atom stereocenters. The molecule has 0 aliphatic heterocycles. The third kappa shape index (κ3) is 6.39. The lowest BCUT2D eigenvalue weighted by Crippen LogP contribution is -2.20. The molecule has 0 heterocycles. The summed E-state index contributed by atoms with van der Waals surface area (Å²) in [6.45, 7) is 1.86. The van der Waals surface area contributed by atoms with Crippen molar-refractivity contribution in [2.75, 3.05) is 30.3 Å². The van der Waals surface area contributed by atoms with Crippen molar-refractivity contribution in [1.29, 1.82) is 0 Å². The molecular weight excluding hydrogens is 286 g/mol. The van der Waals surface area contributed by atoms with E-state index in [1.54, 1.807) is 25.1 Å². The summed E-state index contributed by atoms with van der Waals surface area (Å²) in [5.41, 5.74) is 0.310. The molecule has 0 aliphatic rings. The van der Waals surface area contributed by atoms with Crippen LogP contribution in [0.4, 0.5) is 5.69 Å². The second-order valence-corrected chi connectivity index (χ2v) is 5.67. The van der Waals surface area contributed by atoms with Gasteiger partial charge in [0.15, 0.2) is 6.61 Å². The molecule has 1 aromatic rings. The van der Waals surface area contributed by atoms with Gasteiger partial charge in [0.1, 0.15) is 5.75 Å². The number of hydrogen-bond acceptors (Lipinski definition) is 5. The second kappa shape index (κ2) is 7.71.